The third kappa shape index (κ3) is 2.76. The predicted octanol–water partition coefficient (Wildman–Crippen LogP) is 2.64. The maximum atomic E-state index is 12.6. The highest BCUT2D eigenvalue weighted by Crippen LogP contribution is 2.29. The number of allylic oxidation sites excluding steroid dienone is 1. The minimum atomic E-state index is -0.326. The zero-order chi connectivity index (χ0) is 15.7. The molecule has 0 N–H and O–H groups in total. The summed E-state index contributed by atoms with van der Waals surface area (Å²) in [6, 6.07) is 4.99. The molecule has 1 fully saturated rings. The SMILES string of the molecule is C=CCn1c(SC2CCOC2=O)nc2ccc(Cl)cc2c1=O. The number of halogens is 1. The number of hydrogen-bond donors (Lipinski definition) is 0. The first kappa shape index (κ1) is 15.1. The molecule has 114 valence electrons. The molecule has 5 nitrogen and oxygen atoms in total. The Morgan fingerprint density at radius 2 is 2.32 bits per heavy atom. The molecule has 3 rings (SSSR count). The first-order valence-electron chi connectivity index (χ1n) is 6.74. The van der Waals surface area contributed by atoms with Gasteiger partial charge in [-0.2, -0.15) is 0 Å². The second-order valence-electron chi connectivity index (χ2n) is 4.82. The lowest BCUT2D eigenvalue weighted by Crippen LogP contribution is -2.24. The van der Waals surface area contributed by atoms with Crippen LogP contribution in [0.5, 0.6) is 0 Å². The molecule has 2 heterocycles. The van der Waals surface area contributed by atoms with Crippen molar-refractivity contribution in [2.45, 2.75) is 23.4 Å². The molecule has 1 aliphatic rings. The van der Waals surface area contributed by atoms with Crippen LogP contribution in [-0.2, 0) is 16.1 Å². The Hall–Kier alpha value is -1.79. The minimum Gasteiger partial charge on any atom is -0.465 e. The van der Waals surface area contributed by atoms with Gasteiger partial charge in [0.15, 0.2) is 5.16 Å². The summed E-state index contributed by atoms with van der Waals surface area (Å²) in [6.07, 6.45) is 2.24. The van der Waals surface area contributed by atoms with Gasteiger partial charge in [0.05, 0.1) is 17.5 Å². The Bertz CT molecular complexity index is 818. The van der Waals surface area contributed by atoms with Gasteiger partial charge in [-0.1, -0.05) is 29.4 Å². The van der Waals surface area contributed by atoms with Gasteiger partial charge in [-0.25, -0.2) is 4.98 Å². The highest BCUT2D eigenvalue weighted by molar-refractivity contribution is 8.00. The largest absolute Gasteiger partial charge is 0.465 e. The van der Waals surface area contributed by atoms with Crippen molar-refractivity contribution in [2.75, 3.05) is 6.61 Å². The van der Waals surface area contributed by atoms with E-state index < -0.39 is 0 Å². The smallest absolute Gasteiger partial charge is 0.319 e. The average molecular weight is 337 g/mol. The molecule has 1 unspecified atom stereocenters. The monoisotopic (exact) mass is 336 g/mol. The van der Waals surface area contributed by atoms with E-state index in [1.54, 1.807) is 24.3 Å². The number of esters is 1. The van der Waals surface area contributed by atoms with E-state index in [4.69, 9.17) is 16.3 Å². The Balaban J connectivity index is 2.13. The summed E-state index contributed by atoms with van der Waals surface area (Å²) in [5, 5.41) is 1.10. The quantitative estimate of drug-likeness (QED) is 0.488. The fourth-order valence-electron chi connectivity index (χ4n) is 2.26. The van der Waals surface area contributed by atoms with Crippen molar-refractivity contribution >= 4 is 40.2 Å². The van der Waals surface area contributed by atoms with Crippen molar-refractivity contribution in [3.63, 3.8) is 0 Å². The summed E-state index contributed by atoms with van der Waals surface area (Å²) >= 11 is 7.21. The van der Waals surface area contributed by atoms with E-state index in [9.17, 15) is 9.59 Å². The lowest BCUT2D eigenvalue weighted by molar-refractivity contribution is -0.137. The van der Waals surface area contributed by atoms with Gasteiger partial charge in [-0.05, 0) is 18.2 Å². The summed E-state index contributed by atoms with van der Waals surface area (Å²) in [4.78, 5) is 28.8. The number of fused-ring (bicyclic) bond motifs is 1. The van der Waals surface area contributed by atoms with Gasteiger partial charge in [-0.3, -0.25) is 14.2 Å². The zero-order valence-corrected chi connectivity index (χ0v) is 13.2. The van der Waals surface area contributed by atoms with Crippen LogP contribution >= 0.6 is 23.4 Å². The van der Waals surface area contributed by atoms with E-state index in [0.717, 1.165) is 0 Å². The molecular formula is C15H13ClN2O3S. The molecule has 2 aromatic rings. The van der Waals surface area contributed by atoms with Crippen LogP contribution in [0.3, 0.4) is 0 Å². The molecule has 0 saturated carbocycles. The standard InChI is InChI=1S/C15H13ClN2O3S/c1-2-6-18-13(19)10-8-9(16)3-4-11(10)17-15(18)22-12-5-7-21-14(12)20/h2-4,8,12H,1,5-7H2. The second kappa shape index (κ2) is 6.14. The number of carbonyl (C=O) groups excluding carboxylic acids is 1. The maximum absolute atomic E-state index is 12.6. The number of benzene rings is 1. The third-order valence-electron chi connectivity index (χ3n) is 3.33. The van der Waals surface area contributed by atoms with Crippen molar-refractivity contribution in [2.24, 2.45) is 0 Å². The first-order valence-corrected chi connectivity index (χ1v) is 8.00. The van der Waals surface area contributed by atoms with Gasteiger partial charge in [0.1, 0.15) is 5.25 Å². The Labute approximate surface area is 135 Å². The van der Waals surface area contributed by atoms with Crippen LogP contribution in [0.25, 0.3) is 10.9 Å². The van der Waals surface area contributed by atoms with Crippen molar-refractivity contribution in [3.05, 3.63) is 46.2 Å². The summed E-state index contributed by atoms with van der Waals surface area (Å²) < 4.78 is 6.46. The minimum absolute atomic E-state index is 0.193. The fraction of sp³-hybridized carbons (Fsp3) is 0.267. The lowest BCUT2D eigenvalue weighted by Gasteiger charge is -2.13. The van der Waals surface area contributed by atoms with Gasteiger partial charge in [0.25, 0.3) is 5.56 Å². The number of ether oxygens (including phenoxy) is 1. The lowest BCUT2D eigenvalue weighted by atomic mass is 10.2. The molecule has 1 saturated heterocycles. The Morgan fingerprint density at radius 1 is 1.50 bits per heavy atom. The topological polar surface area (TPSA) is 61.2 Å². The number of aromatic nitrogens is 2. The van der Waals surface area contributed by atoms with E-state index in [1.165, 1.54) is 16.3 Å². The van der Waals surface area contributed by atoms with E-state index in [0.29, 0.717) is 40.7 Å². The van der Waals surface area contributed by atoms with Crippen LogP contribution in [0.1, 0.15) is 6.42 Å². The van der Waals surface area contributed by atoms with Crippen LogP contribution in [-0.4, -0.2) is 27.4 Å². The van der Waals surface area contributed by atoms with E-state index in [2.05, 4.69) is 11.6 Å². The number of rotatable bonds is 4. The molecule has 7 heteroatoms. The highest BCUT2D eigenvalue weighted by atomic mass is 35.5. The molecule has 1 aromatic heterocycles. The summed E-state index contributed by atoms with van der Waals surface area (Å²) in [6.45, 7) is 4.39. The van der Waals surface area contributed by atoms with E-state index >= 15 is 0 Å². The number of nitrogens with zero attached hydrogens (tertiary/aromatic N) is 2. The molecule has 0 radical (unpaired) electrons. The molecule has 0 amide bonds. The van der Waals surface area contributed by atoms with Gasteiger partial charge in [0.2, 0.25) is 0 Å². The Morgan fingerprint density at radius 3 is 3.00 bits per heavy atom. The van der Waals surface area contributed by atoms with E-state index in [1.807, 2.05) is 0 Å². The van der Waals surface area contributed by atoms with Crippen LogP contribution in [0, 0.1) is 0 Å². The average Bonchev–Trinajstić information content (AvgIpc) is 2.89. The summed E-state index contributed by atoms with van der Waals surface area (Å²) in [5.41, 5.74) is 0.366. The van der Waals surface area contributed by atoms with Gasteiger partial charge in [-0.15, -0.1) is 6.58 Å². The molecule has 1 aromatic carbocycles. The predicted molar refractivity (Wildman–Crippen MR) is 86.4 cm³/mol. The Kier molecular flexibility index (Phi) is 4.22. The van der Waals surface area contributed by atoms with E-state index in [-0.39, 0.29) is 16.8 Å². The maximum Gasteiger partial charge on any atom is 0.319 e. The number of thioether (sulfide) groups is 1. The van der Waals surface area contributed by atoms with Crippen molar-refractivity contribution in [1.82, 2.24) is 9.55 Å². The van der Waals surface area contributed by atoms with Crippen LogP contribution in [0.2, 0.25) is 5.02 Å². The summed E-state index contributed by atoms with van der Waals surface area (Å²) in [7, 11) is 0. The molecule has 1 atom stereocenters. The first-order chi connectivity index (χ1) is 10.6. The van der Waals surface area contributed by atoms with Crippen LogP contribution in [0.4, 0.5) is 0 Å². The number of cyclic esters (lactones) is 1. The van der Waals surface area contributed by atoms with Crippen molar-refractivity contribution < 1.29 is 9.53 Å². The van der Waals surface area contributed by atoms with Gasteiger partial charge < -0.3 is 4.74 Å². The molecule has 0 bridgehead atoms. The third-order valence-corrected chi connectivity index (χ3v) is 4.80. The van der Waals surface area contributed by atoms with Crippen LogP contribution in [0.15, 0.2) is 40.8 Å². The number of carbonyl (C=O) groups is 1. The normalized spacial score (nSPS) is 17.7. The molecule has 22 heavy (non-hydrogen) atoms. The van der Waals surface area contributed by atoms with Crippen molar-refractivity contribution in [1.29, 1.82) is 0 Å². The van der Waals surface area contributed by atoms with Gasteiger partial charge in [0, 0.05) is 18.0 Å². The van der Waals surface area contributed by atoms with Gasteiger partial charge >= 0.3 is 5.97 Å². The molecule has 1 aliphatic heterocycles. The summed E-state index contributed by atoms with van der Waals surface area (Å²) in [5.74, 6) is -0.263. The van der Waals surface area contributed by atoms with Crippen LogP contribution < -0.4 is 5.56 Å². The highest BCUT2D eigenvalue weighted by Gasteiger charge is 2.29. The second-order valence-corrected chi connectivity index (χ2v) is 6.43. The molecule has 0 aliphatic carbocycles. The van der Waals surface area contributed by atoms with Crippen molar-refractivity contribution in [3.8, 4) is 0 Å². The number of hydrogen-bond acceptors (Lipinski definition) is 5. The molecule has 0 spiro atoms. The zero-order valence-electron chi connectivity index (χ0n) is 11.6. The molecular weight excluding hydrogens is 324 g/mol. The fourth-order valence-corrected chi connectivity index (χ4v) is 3.51.